The van der Waals surface area contributed by atoms with E-state index < -0.39 is 0 Å². The van der Waals surface area contributed by atoms with Crippen molar-refractivity contribution in [2.75, 3.05) is 0 Å². The molecule has 2 aromatic heterocycles. The molecule has 0 aliphatic carbocycles. The molecule has 80 valence electrons. The average Bonchev–Trinajstić information content (AvgIpc) is 2.73. The van der Waals surface area contributed by atoms with Crippen LogP contribution in [0.25, 0.3) is 0 Å². The van der Waals surface area contributed by atoms with E-state index in [4.69, 9.17) is 21.8 Å². The number of halogens is 1. The Kier molecular flexibility index (Phi) is 2.79. The van der Waals surface area contributed by atoms with Crippen LogP contribution >= 0.6 is 11.6 Å². The number of aromatic nitrogens is 2. The standard InChI is InChI=1S/C10H12ClN3O/c1-7-2-9(15-10(7)3-12)6-14-5-8(11)4-13-14/h2,4-5H,3,6,12H2,1H3. The van der Waals surface area contributed by atoms with Crippen LogP contribution in [0.15, 0.2) is 22.9 Å². The molecule has 4 nitrogen and oxygen atoms in total. The Hall–Kier alpha value is -1.26. The Morgan fingerprint density at radius 2 is 2.40 bits per heavy atom. The zero-order valence-electron chi connectivity index (χ0n) is 8.40. The minimum Gasteiger partial charge on any atom is -0.462 e. The predicted molar refractivity (Wildman–Crippen MR) is 57.7 cm³/mol. The number of rotatable bonds is 3. The second-order valence-corrected chi connectivity index (χ2v) is 3.82. The van der Waals surface area contributed by atoms with Crippen molar-refractivity contribution < 1.29 is 4.42 Å². The molecule has 0 radical (unpaired) electrons. The molecule has 0 amide bonds. The van der Waals surface area contributed by atoms with Gasteiger partial charge in [0.15, 0.2) is 0 Å². The molecule has 0 bridgehead atoms. The smallest absolute Gasteiger partial charge is 0.126 e. The van der Waals surface area contributed by atoms with E-state index >= 15 is 0 Å². The van der Waals surface area contributed by atoms with E-state index in [2.05, 4.69) is 5.10 Å². The quantitative estimate of drug-likeness (QED) is 0.869. The molecule has 0 saturated heterocycles. The summed E-state index contributed by atoms with van der Waals surface area (Å²) < 4.78 is 7.27. The van der Waals surface area contributed by atoms with Crippen LogP contribution in [0.1, 0.15) is 17.1 Å². The highest BCUT2D eigenvalue weighted by atomic mass is 35.5. The predicted octanol–water partition coefficient (Wildman–Crippen LogP) is 1.94. The first-order chi connectivity index (χ1) is 7.19. The largest absolute Gasteiger partial charge is 0.462 e. The molecule has 0 aromatic carbocycles. The Balaban J connectivity index is 2.17. The molecule has 5 heteroatoms. The fraction of sp³-hybridized carbons (Fsp3) is 0.300. The van der Waals surface area contributed by atoms with Gasteiger partial charge in [0.2, 0.25) is 0 Å². The van der Waals surface area contributed by atoms with E-state index in [1.54, 1.807) is 17.1 Å². The first-order valence-corrected chi connectivity index (χ1v) is 5.03. The molecule has 0 atom stereocenters. The van der Waals surface area contributed by atoms with E-state index in [1.165, 1.54) is 0 Å². The molecular formula is C10H12ClN3O. The van der Waals surface area contributed by atoms with Crippen molar-refractivity contribution in [2.45, 2.75) is 20.0 Å². The first-order valence-electron chi connectivity index (χ1n) is 4.65. The molecule has 0 unspecified atom stereocenters. The lowest BCUT2D eigenvalue weighted by Crippen LogP contribution is -1.98. The van der Waals surface area contributed by atoms with Crippen molar-refractivity contribution in [1.82, 2.24) is 9.78 Å². The molecule has 0 fully saturated rings. The van der Waals surface area contributed by atoms with Crippen LogP contribution in [0.3, 0.4) is 0 Å². The van der Waals surface area contributed by atoms with Crippen LogP contribution in [-0.4, -0.2) is 9.78 Å². The second-order valence-electron chi connectivity index (χ2n) is 3.38. The van der Waals surface area contributed by atoms with Crippen LogP contribution in [0, 0.1) is 6.92 Å². The molecule has 15 heavy (non-hydrogen) atoms. The maximum absolute atomic E-state index is 5.76. The minimum absolute atomic E-state index is 0.422. The summed E-state index contributed by atoms with van der Waals surface area (Å²) in [6, 6.07) is 1.97. The molecule has 0 saturated carbocycles. The third-order valence-corrected chi connectivity index (χ3v) is 2.37. The van der Waals surface area contributed by atoms with Crippen LogP contribution in [0.2, 0.25) is 5.02 Å². The lowest BCUT2D eigenvalue weighted by Gasteiger charge is -1.96. The van der Waals surface area contributed by atoms with Gasteiger partial charge in [0, 0.05) is 6.20 Å². The van der Waals surface area contributed by atoms with Gasteiger partial charge in [-0.15, -0.1) is 0 Å². The molecule has 0 aliphatic heterocycles. The Bertz CT molecular complexity index is 461. The summed E-state index contributed by atoms with van der Waals surface area (Å²) in [5.74, 6) is 1.66. The molecule has 2 heterocycles. The van der Waals surface area contributed by atoms with Gasteiger partial charge in [0.1, 0.15) is 11.5 Å². The summed E-state index contributed by atoms with van der Waals surface area (Å²) in [4.78, 5) is 0. The average molecular weight is 226 g/mol. The van der Waals surface area contributed by atoms with Crippen molar-refractivity contribution in [1.29, 1.82) is 0 Å². The number of nitrogens with zero attached hydrogens (tertiary/aromatic N) is 2. The van der Waals surface area contributed by atoms with Gasteiger partial charge >= 0.3 is 0 Å². The zero-order chi connectivity index (χ0) is 10.8. The van der Waals surface area contributed by atoms with Crippen LogP contribution in [0.5, 0.6) is 0 Å². The molecule has 2 N–H and O–H groups in total. The summed E-state index contributed by atoms with van der Waals surface area (Å²) in [5, 5.41) is 4.69. The van der Waals surface area contributed by atoms with Gasteiger partial charge in [0.25, 0.3) is 0 Å². The molecule has 2 aromatic rings. The first kappa shape index (κ1) is 10.3. The lowest BCUT2D eigenvalue weighted by atomic mass is 10.2. The summed E-state index contributed by atoms with van der Waals surface area (Å²) >= 11 is 5.76. The summed E-state index contributed by atoms with van der Waals surface area (Å²) in [5.41, 5.74) is 6.60. The maximum Gasteiger partial charge on any atom is 0.126 e. The topological polar surface area (TPSA) is 57.0 Å². The number of hydrogen-bond donors (Lipinski definition) is 1. The van der Waals surface area contributed by atoms with E-state index in [0.717, 1.165) is 17.1 Å². The fourth-order valence-corrected chi connectivity index (χ4v) is 1.61. The summed E-state index contributed by atoms with van der Waals surface area (Å²) in [6.45, 7) is 2.98. The van der Waals surface area contributed by atoms with Gasteiger partial charge in [-0.25, -0.2) is 0 Å². The monoisotopic (exact) mass is 225 g/mol. The zero-order valence-corrected chi connectivity index (χ0v) is 9.16. The Labute approximate surface area is 92.6 Å². The van der Waals surface area contributed by atoms with Gasteiger partial charge in [0.05, 0.1) is 24.3 Å². The number of nitrogens with two attached hydrogens (primary N) is 1. The fourth-order valence-electron chi connectivity index (χ4n) is 1.46. The Morgan fingerprint density at radius 1 is 1.60 bits per heavy atom. The highest BCUT2D eigenvalue weighted by molar-refractivity contribution is 6.30. The van der Waals surface area contributed by atoms with Crippen molar-refractivity contribution >= 4 is 11.6 Å². The highest BCUT2D eigenvalue weighted by Gasteiger charge is 2.06. The number of hydrogen-bond acceptors (Lipinski definition) is 3. The van der Waals surface area contributed by atoms with Crippen molar-refractivity contribution in [3.63, 3.8) is 0 Å². The highest BCUT2D eigenvalue weighted by Crippen LogP contribution is 2.15. The summed E-state index contributed by atoms with van der Waals surface area (Å²) in [7, 11) is 0. The van der Waals surface area contributed by atoms with Gasteiger partial charge in [-0.2, -0.15) is 5.10 Å². The van der Waals surface area contributed by atoms with E-state index in [1.807, 2.05) is 13.0 Å². The summed E-state index contributed by atoms with van der Waals surface area (Å²) in [6.07, 6.45) is 3.35. The Morgan fingerprint density at radius 3 is 2.93 bits per heavy atom. The molecular weight excluding hydrogens is 214 g/mol. The lowest BCUT2D eigenvalue weighted by molar-refractivity contribution is 0.444. The third kappa shape index (κ3) is 2.22. The van der Waals surface area contributed by atoms with Crippen LogP contribution in [-0.2, 0) is 13.1 Å². The number of furan rings is 1. The van der Waals surface area contributed by atoms with E-state index in [-0.39, 0.29) is 0 Å². The SMILES string of the molecule is Cc1cc(Cn2cc(Cl)cn2)oc1CN. The van der Waals surface area contributed by atoms with Crippen molar-refractivity contribution in [3.05, 3.63) is 40.6 Å². The van der Waals surface area contributed by atoms with Gasteiger partial charge in [-0.3, -0.25) is 4.68 Å². The van der Waals surface area contributed by atoms with Crippen LogP contribution in [0.4, 0.5) is 0 Å². The van der Waals surface area contributed by atoms with E-state index in [0.29, 0.717) is 18.1 Å². The third-order valence-electron chi connectivity index (χ3n) is 2.18. The second kappa shape index (κ2) is 4.08. The number of aryl methyl sites for hydroxylation is 1. The van der Waals surface area contributed by atoms with Gasteiger partial charge in [-0.05, 0) is 18.6 Å². The molecule has 0 aliphatic rings. The van der Waals surface area contributed by atoms with E-state index in [9.17, 15) is 0 Å². The molecule has 0 spiro atoms. The van der Waals surface area contributed by atoms with Gasteiger partial charge in [-0.1, -0.05) is 11.6 Å². The molecule has 2 rings (SSSR count). The minimum atomic E-state index is 0.422. The maximum atomic E-state index is 5.76. The van der Waals surface area contributed by atoms with Gasteiger partial charge < -0.3 is 10.2 Å². The van der Waals surface area contributed by atoms with Crippen molar-refractivity contribution in [2.24, 2.45) is 5.73 Å². The van der Waals surface area contributed by atoms with Crippen LogP contribution < -0.4 is 5.73 Å². The van der Waals surface area contributed by atoms with Crippen molar-refractivity contribution in [3.8, 4) is 0 Å². The normalized spacial score (nSPS) is 10.9.